The largest absolute Gasteiger partial charge is 0.444 e. The van der Waals surface area contributed by atoms with Gasteiger partial charge in [0.2, 0.25) is 0 Å². The number of rotatable bonds is 3. The fraction of sp³-hybridized carbons (Fsp3) is 0.500. The molecular weight excluding hydrogens is 298 g/mol. The van der Waals surface area contributed by atoms with Crippen molar-refractivity contribution in [1.29, 1.82) is 0 Å². The van der Waals surface area contributed by atoms with E-state index >= 15 is 0 Å². The summed E-state index contributed by atoms with van der Waals surface area (Å²) in [6, 6.07) is 3.00. The van der Waals surface area contributed by atoms with Gasteiger partial charge in [-0.15, -0.1) is 11.3 Å². The SMILES string of the molecule is CC(C)(C)OC(=O)NCc1ccc(S(=O)(=O)Cl)s1. The minimum atomic E-state index is -3.70. The Bertz CT molecular complexity index is 530. The Hall–Kier alpha value is -0.790. The Morgan fingerprint density at radius 2 is 2.06 bits per heavy atom. The van der Waals surface area contributed by atoms with Crippen LogP contribution in [0.1, 0.15) is 25.6 Å². The molecule has 1 N–H and O–H groups in total. The molecule has 0 aliphatic carbocycles. The highest BCUT2D eigenvalue weighted by Crippen LogP contribution is 2.24. The number of amides is 1. The van der Waals surface area contributed by atoms with Gasteiger partial charge in [-0.1, -0.05) is 0 Å². The molecule has 1 aromatic rings. The number of nitrogens with one attached hydrogen (secondary N) is 1. The summed E-state index contributed by atoms with van der Waals surface area (Å²) in [5, 5.41) is 2.53. The van der Waals surface area contributed by atoms with Crippen LogP contribution in [0, 0.1) is 0 Å². The molecule has 0 bridgehead atoms. The Kier molecular flexibility index (Phi) is 4.63. The van der Waals surface area contributed by atoms with Crippen LogP contribution < -0.4 is 5.32 Å². The lowest BCUT2D eigenvalue weighted by molar-refractivity contribution is 0.0524. The number of carbonyl (C=O) groups is 1. The number of hydrogen-bond acceptors (Lipinski definition) is 5. The van der Waals surface area contributed by atoms with Gasteiger partial charge < -0.3 is 10.1 Å². The summed E-state index contributed by atoms with van der Waals surface area (Å²) in [6.07, 6.45) is -0.550. The third kappa shape index (κ3) is 5.24. The highest BCUT2D eigenvalue weighted by atomic mass is 35.7. The lowest BCUT2D eigenvalue weighted by Crippen LogP contribution is -2.31. The van der Waals surface area contributed by atoms with Gasteiger partial charge in [-0.2, -0.15) is 0 Å². The van der Waals surface area contributed by atoms with Crippen molar-refractivity contribution in [2.75, 3.05) is 0 Å². The van der Waals surface area contributed by atoms with E-state index in [0.717, 1.165) is 11.3 Å². The molecule has 18 heavy (non-hydrogen) atoms. The Labute approximate surface area is 115 Å². The molecule has 5 nitrogen and oxygen atoms in total. The molecule has 0 aliphatic rings. The first kappa shape index (κ1) is 15.3. The van der Waals surface area contributed by atoms with E-state index in [-0.39, 0.29) is 10.8 Å². The molecule has 102 valence electrons. The van der Waals surface area contributed by atoms with Gasteiger partial charge in [0.05, 0.1) is 6.54 Å². The van der Waals surface area contributed by atoms with Crippen LogP contribution in [0.15, 0.2) is 16.3 Å². The van der Waals surface area contributed by atoms with Crippen molar-refractivity contribution in [2.45, 2.75) is 37.1 Å². The number of carbonyl (C=O) groups excluding carboxylic acids is 1. The van der Waals surface area contributed by atoms with E-state index < -0.39 is 20.7 Å². The highest BCUT2D eigenvalue weighted by Gasteiger charge is 2.17. The molecule has 8 heteroatoms. The molecule has 0 atom stereocenters. The van der Waals surface area contributed by atoms with E-state index in [4.69, 9.17) is 15.4 Å². The van der Waals surface area contributed by atoms with E-state index in [9.17, 15) is 13.2 Å². The molecule has 1 amide bonds. The van der Waals surface area contributed by atoms with Crippen LogP contribution in [0.4, 0.5) is 4.79 Å². The first-order valence-electron chi connectivity index (χ1n) is 5.08. The van der Waals surface area contributed by atoms with Crippen LogP contribution in [0.3, 0.4) is 0 Å². The lowest BCUT2D eigenvalue weighted by Gasteiger charge is -2.19. The second kappa shape index (κ2) is 5.46. The number of halogens is 1. The van der Waals surface area contributed by atoms with Crippen LogP contribution in [-0.2, 0) is 20.3 Å². The second-order valence-corrected chi connectivity index (χ2v) is 8.48. The Morgan fingerprint density at radius 1 is 1.44 bits per heavy atom. The number of alkyl carbamates (subject to hydrolysis) is 1. The van der Waals surface area contributed by atoms with E-state index in [1.165, 1.54) is 6.07 Å². The van der Waals surface area contributed by atoms with Gasteiger partial charge in [0.1, 0.15) is 9.81 Å². The van der Waals surface area contributed by atoms with E-state index in [0.29, 0.717) is 4.88 Å². The fourth-order valence-corrected chi connectivity index (χ4v) is 3.12. The fourth-order valence-electron chi connectivity index (χ4n) is 1.06. The number of ether oxygens (including phenoxy) is 1. The lowest BCUT2D eigenvalue weighted by atomic mass is 10.2. The molecule has 0 spiro atoms. The maximum Gasteiger partial charge on any atom is 0.407 e. The summed E-state index contributed by atoms with van der Waals surface area (Å²) in [5.74, 6) is 0. The van der Waals surface area contributed by atoms with E-state index in [1.54, 1.807) is 26.8 Å². The first-order chi connectivity index (χ1) is 8.08. The predicted molar refractivity (Wildman–Crippen MR) is 70.4 cm³/mol. The van der Waals surface area contributed by atoms with Crippen molar-refractivity contribution in [3.8, 4) is 0 Å². The monoisotopic (exact) mass is 311 g/mol. The predicted octanol–water partition coefficient (Wildman–Crippen LogP) is 2.70. The molecule has 0 fully saturated rings. The highest BCUT2D eigenvalue weighted by molar-refractivity contribution is 8.15. The second-order valence-electron chi connectivity index (χ2n) is 4.51. The molecule has 0 saturated heterocycles. The van der Waals surface area contributed by atoms with Gasteiger partial charge >= 0.3 is 6.09 Å². The third-order valence-corrected chi connectivity index (χ3v) is 4.86. The molecule has 0 aromatic carbocycles. The first-order valence-corrected chi connectivity index (χ1v) is 8.21. The number of thiophene rings is 1. The normalized spacial score (nSPS) is 12.2. The van der Waals surface area contributed by atoms with Crippen molar-refractivity contribution in [2.24, 2.45) is 0 Å². The van der Waals surface area contributed by atoms with Crippen LogP contribution in [0.2, 0.25) is 0 Å². The van der Waals surface area contributed by atoms with Crippen molar-refractivity contribution in [1.82, 2.24) is 5.32 Å². The van der Waals surface area contributed by atoms with E-state index in [2.05, 4.69) is 5.32 Å². The van der Waals surface area contributed by atoms with Crippen LogP contribution >= 0.6 is 22.0 Å². The smallest absolute Gasteiger partial charge is 0.407 e. The van der Waals surface area contributed by atoms with Gasteiger partial charge in [-0.25, -0.2) is 13.2 Å². The standard InChI is InChI=1S/C10H14ClNO4S2/c1-10(2,3)16-9(13)12-6-7-4-5-8(17-7)18(11,14)15/h4-5H,6H2,1-3H3,(H,12,13). The minimum absolute atomic E-state index is 0.0603. The topological polar surface area (TPSA) is 72.5 Å². The van der Waals surface area contributed by atoms with Crippen LogP contribution in [-0.4, -0.2) is 20.1 Å². The van der Waals surface area contributed by atoms with Crippen molar-refractivity contribution < 1.29 is 17.9 Å². The van der Waals surface area contributed by atoms with Crippen LogP contribution in [0.25, 0.3) is 0 Å². The Balaban J connectivity index is 2.55. The van der Waals surface area contributed by atoms with E-state index in [1.807, 2.05) is 0 Å². The summed E-state index contributed by atoms with van der Waals surface area (Å²) < 4.78 is 27.2. The zero-order valence-corrected chi connectivity index (χ0v) is 12.6. The molecule has 1 heterocycles. The van der Waals surface area contributed by atoms with Gasteiger partial charge in [0.15, 0.2) is 0 Å². The van der Waals surface area contributed by atoms with Crippen molar-refractivity contribution in [3.05, 3.63) is 17.0 Å². The van der Waals surface area contributed by atoms with Gasteiger partial charge in [0, 0.05) is 15.6 Å². The maximum atomic E-state index is 11.4. The van der Waals surface area contributed by atoms with Crippen LogP contribution in [0.5, 0.6) is 0 Å². The maximum absolute atomic E-state index is 11.4. The van der Waals surface area contributed by atoms with Gasteiger partial charge in [-0.05, 0) is 32.9 Å². The number of hydrogen-bond donors (Lipinski definition) is 1. The molecule has 0 radical (unpaired) electrons. The third-order valence-electron chi connectivity index (χ3n) is 1.68. The van der Waals surface area contributed by atoms with Crippen molar-refractivity contribution in [3.63, 3.8) is 0 Å². The van der Waals surface area contributed by atoms with Gasteiger partial charge in [-0.3, -0.25) is 0 Å². The molecule has 0 saturated carbocycles. The summed E-state index contributed by atoms with van der Waals surface area (Å²) in [7, 11) is 1.49. The minimum Gasteiger partial charge on any atom is -0.444 e. The average Bonchev–Trinajstić information content (AvgIpc) is 2.59. The van der Waals surface area contributed by atoms with Crippen molar-refractivity contribution >= 4 is 37.2 Å². The molecular formula is C10H14ClNO4S2. The molecule has 0 aliphatic heterocycles. The molecule has 1 rings (SSSR count). The molecule has 0 unspecified atom stereocenters. The molecule has 1 aromatic heterocycles. The summed E-state index contributed by atoms with van der Waals surface area (Å²) in [4.78, 5) is 12.0. The zero-order valence-electron chi connectivity index (χ0n) is 10.2. The quantitative estimate of drug-likeness (QED) is 0.871. The average molecular weight is 312 g/mol. The van der Waals surface area contributed by atoms with Gasteiger partial charge in [0.25, 0.3) is 9.05 Å². The summed E-state index contributed by atoms with van der Waals surface area (Å²) in [5.41, 5.74) is -0.565. The zero-order chi connectivity index (χ0) is 14.0. The summed E-state index contributed by atoms with van der Waals surface area (Å²) in [6.45, 7) is 5.48. The summed E-state index contributed by atoms with van der Waals surface area (Å²) >= 11 is 1.01. The Morgan fingerprint density at radius 3 is 2.50 bits per heavy atom.